The molecule has 0 aromatic carbocycles. The fourth-order valence-electron chi connectivity index (χ4n) is 1.56. The first-order valence-electron chi connectivity index (χ1n) is 6.02. The molecule has 0 spiro atoms. The van der Waals surface area contributed by atoms with E-state index in [4.69, 9.17) is 14.8 Å². The zero-order chi connectivity index (χ0) is 16.9. The molecule has 11 heteroatoms. The van der Waals surface area contributed by atoms with Crippen LogP contribution < -0.4 is 5.32 Å². The van der Waals surface area contributed by atoms with Crippen molar-refractivity contribution < 1.29 is 33.4 Å². The Hall–Kier alpha value is -1.82. The molecule has 122 valence electrons. The van der Waals surface area contributed by atoms with Crippen molar-refractivity contribution in [3.8, 4) is 0 Å². The van der Waals surface area contributed by atoms with Gasteiger partial charge in [0.2, 0.25) is 11.3 Å². The summed E-state index contributed by atoms with van der Waals surface area (Å²) in [6.45, 7) is 2.14. The van der Waals surface area contributed by atoms with Crippen LogP contribution >= 0.6 is 11.3 Å². The topological polar surface area (TPSA) is 144 Å². The first kappa shape index (κ1) is 18.2. The summed E-state index contributed by atoms with van der Waals surface area (Å²) < 4.78 is 21.5. The third kappa shape index (κ3) is 4.87. The Labute approximate surface area is 132 Å². The lowest BCUT2D eigenvalue weighted by atomic mass is 10.3. The molecular formula is C11H14N2O7S2. The average molecular weight is 350 g/mol. The Bertz CT molecular complexity index is 614. The summed E-state index contributed by atoms with van der Waals surface area (Å²) in [6, 6.07) is 1.24. The van der Waals surface area contributed by atoms with E-state index >= 15 is 0 Å². The van der Waals surface area contributed by atoms with Crippen LogP contribution in [-0.4, -0.2) is 47.7 Å². The molecule has 0 aliphatic carbocycles. The molecule has 0 aliphatic heterocycles. The number of hydrogen-bond acceptors (Lipinski definition) is 5. The zero-order valence-corrected chi connectivity index (χ0v) is 13.1. The molecular weight excluding hydrogens is 336 g/mol. The number of nitrogens with zero attached hydrogens (tertiary/aromatic N) is 1. The van der Waals surface area contributed by atoms with E-state index in [1.54, 1.807) is 0 Å². The number of thiophene rings is 1. The number of carboxylic acid groups (broad SMARTS) is 2. The highest BCUT2D eigenvalue weighted by Gasteiger charge is 2.22. The van der Waals surface area contributed by atoms with Crippen molar-refractivity contribution in [2.75, 3.05) is 11.9 Å². The highest BCUT2D eigenvalue weighted by atomic mass is 32.2. The van der Waals surface area contributed by atoms with Crippen molar-refractivity contribution in [3.63, 3.8) is 0 Å². The van der Waals surface area contributed by atoms with Gasteiger partial charge in [0, 0.05) is 18.0 Å². The van der Waals surface area contributed by atoms with E-state index in [0.717, 1.165) is 11.3 Å². The SMILES string of the molecule is CCCN(Cc1cc(C(=O)O)c(NC(=O)C(=O)O)s1)S(=O)O. The fraction of sp³-hybridized carbons (Fsp3) is 0.364. The predicted octanol–water partition coefficient (Wildman–Crippen LogP) is 0.818. The van der Waals surface area contributed by atoms with E-state index < -0.39 is 29.1 Å². The average Bonchev–Trinajstić information content (AvgIpc) is 2.80. The van der Waals surface area contributed by atoms with Crippen molar-refractivity contribution in [3.05, 3.63) is 16.5 Å². The second-order valence-corrected chi connectivity index (χ2v) is 6.23. The normalized spacial score (nSPS) is 12.1. The number of carbonyl (C=O) groups is 3. The van der Waals surface area contributed by atoms with E-state index in [1.807, 2.05) is 12.2 Å². The lowest BCUT2D eigenvalue weighted by molar-refractivity contribution is -0.147. The van der Waals surface area contributed by atoms with Gasteiger partial charge in [-0.3, -0.25) is 9.35 Å². The van der Waals surface area contributed by atoms with Gasteiger partial charge in [-0.25, -0.2) is 13.8 Å². The molecule has 1 heterocycles. The number of carbonyl (C=O) groups excluding carboxylic acids is 1. The monoisotopic (exact) mass is 350 g/mol. The number of rotatable bonds is 7. The summed E-state index contributed by atoms with van der Waals surface area (Å²) in [7, 11) is 0. The van der Waals surface area contributed by atoms with Crippen molar-refractivity contribution in [1.82, 2.24) is 4.31 Å². The van der Waals surface area contributed by atoms with Crippen molar-refractivity contribution in [2.24, 2.45) is 0 Å². The third-order valence-corrected chi connectivity index (χ3v) is 4.25. The Morgan fingerprint density at radius 1 is 1.36 bits per heavy atom. The Morgan fingerprint density at radius 3 is 2.45 bits per heavy atom. The smallest absolute Gasteiger partial charge is 0.394 e. The standard InChI is InChI=1S/C11H14N2O7S2/c1-2-3-13(22(19)20)5-6-4-7(10(15)16)9(21-6)12-8(14)11(17)18/h4H,2-3,5H2,1H3,(H,12,14)(H,15,16)(H,17,18)(H,19,20). The zero-order valence-electron chi connectivity index (χ0n) is 11.4. The molecule has 0 aliphatic rings. The molecule has 0 saturated carbocycles. The maximum Gasteiger partial charge on any atom is 0.394 e. The van der Waals surface area contributed by atoms with Gasteiger partial charge in [0.25, 0.3) is 0 Å². The molecule has 1 aromatic rings. The van der Waals surface area contributed by atoms with Crippen LogP contribution in [0.15, 0.2) is 6.07 Å². The van der Waals surface area contributed by atoms with Gasteiger partial charge in [-0.2, -0.15) is 4.31 Å². The van der Waals surface area contributed by atoms with Gasteiger partial charge in [-0.05, 0) is 12.5 Å². The first-order valence-corrected chi connectivity index (χ1v) is 7.90. The molecule has 0 fully saturated rings. The van der Waals surface area contributed by atoms with Crippen LogP contribution in [0.3, 0.4) is 0 Å². The summed E-state index contributed by atoms with van der Waals surface area (Å²) in [5.74, 6) is -4.43. The third-order valence-electron chi connectivity index (χ3n) is 2.46. The Balaban J connectivity index is 3.03. The van der Waals surface area contributed by atoms with Crippen LogP contribution in [0.5, 0.6) is 0 Å². The minimum absolute atomic E-state index is 0.00480. The van der Waals surface area contributed by atoms with E-state index in [0.29, 0.717) is 17.8 Å². The van der Waals surface area contributed by atoms with E-state index in [9.17, 15) is 18.6 Å². The first-order chi connectivity index (χ1) is 10.3. The van der Waals surface area contributed by atoms with Crippen LogP contribution in [0.4, 0.5) is 5.00 Å². The van der Waals surface area contributed by atoms with Gasteiger partial charge in [0.05, 0.1) is 5.56 Å². The molecule has 9 nitrogen and oxygen atoms in total. The number of aromatic carboxylic acids is 1. The minimum atomic E-state index is -2.22. The summed E-state index contributed by atoms with van der Waals surface area (Å²) in [5, 5.41) is 19.5. The van der Waals surface area contributed by atoms with Gasteiger partial charge in [-0.1, -0.05) is 6.92 Å². The second-order valence-electron chi connectivity index (χ2n) is 4.11. The van der Waals surface area contributed by atoms with Gasteiger partial charge < -0.3 is 15.5 Å². The summed E-state index contributed by atoms with van der Waals surface area (Å²) in [5.41, 5.74) is -0.269. The van der Waals surface area contributed by atoms with Crippen molar-refractivity contribution in [2.45, 2.75) is 19.9 Å². The molecule has 22 heavy (non-hydrogen) atoms. The summed E-state index contributed by atoms with van der Waals surface area (Å²) in [6.07, 6.45) is 0.617. The molecule has 1 amide bonds. The van der Waals surface area contributed by atoms with Gasteiger partial charge >= 0.3 is 17.8 Å². The highest BCUT2D eigenvalue weighted by molar-refractivity contribution is 7.76. The van der Waals surface area contributed by atoms with Crippen LogP contribution in [0, 0.1) is 0 Å². The second kappa shape index (κ2) is 7.98. The van der Waals surface area contributed by atoms with Crippen LogP contribution in [0.25, 0.3) is 0 Å². The molecule has 0 saturated heterocycles. The maximum absolute atomic E-state index is 11.2. The number of anilines is 1. The largest absolute Gasteiger partial charge is 0.478 e. The van der Waals surface area contributed by atoms with E-state index in [1.165, 1.54) is 10.4 Å². The lowest BCUT2D eigenvalue weighted by Gasteiger charge is -2.15. The molecule has 0 bridgehead atoms. The molecule has 0 radical (unpaired) electrons. The quantitative estimate of drug-likeness (QED) is 0.421. The molecule has 1 unspecified atom stereocenters. The fourth-order valence-corrected chi connectivity index (χ4v) is 3.29. The van der Waals surface area contributed by atoms with E-state index in [2.05, 4.69) is 0 Å². The number of carboxylic acids is 2. The molecule has 1 rings (SSSR count). The maximum atomic E-state index is 11.2. The van der Waals surface area contributed by atoms with E-state index in [-0.39, 0.29) is 17.1 Å². The van der Waals surface area contributed by atoms with Crippen molar-refractivity contribution >= 4 is 45.5 Å². The molecule has 4 N–H and O–H groups in total. The Kier molecular flexibility index (Phi) is 6.61. The highest BCUT2D eigenvalue weighted by Crippen LogP contribution is 2.29. The molecule has 1 atom stereocenters. The lowest BCUT2D eigenvalue weighted by Crippen LogP contribution is -2.25. The van der Waals surface area contributed by atoms with Gasteiger partial charge in [0.15, 0.2) is 0 Å². The van der Waals surface area contributed by atoms with Crippen LogP contribution in [0.2, 0.25) is 0 Å². The molecule has 1 aromatic heterocycles. The Morgan fingerprint density at radius 2 is 2.00 bits per heavy atom. The van der Waals surface area contributed by atoms with Crippen molar-refractivity contribution in [1.29, 1.82) is 0 Å². The summed E-state index contributed by atoms with van der Waals surface area (Å²) >= 11 is -1.38. The van der Waals surface area contributed by atoms with Crippen LogP contribution in [-0.2, 0) is 27.4 Å². The summed E-state index contributed by atoms with van der Waals surface area (Å²) in [4.78, 5) is 33.2. The van der Waals surface area contributed by atoms with Gasteiger partial charge in [-0.15, -0.1) is 11.3 Å². The number of hydrogen-bond donors (Lipinski definition) is 4. The van der Waals surface area contributed by atoms with Crippen LogP contribution in [0.1, 0.15) is 28.6 Å². The minimum Gasteiger partial charge on any atom is -0.478 e. The number of nitrogens with one attached hydrogen (secondary N) is 1. The number of amides is 1. The van der Waals surface area contributed by atoms with Gasteiger partial charge in [0.1, 0.15) is 5.00 Å². The number of aliphatic carboxylic acids is 1. The predicted molar refractivity (Wildman–Crippen MR) is 79.0 cm³/mol.